The Bertz CT molecular complexity index is 628. The van der Waals surface area contributed by atoms with Crippen molar-refractivity contribution in [2.24, 2.45) is 23.5 Å². The summed E-state index contributed by atoms with van der Waals surface area (Å²) >= 11 is 0. The summed E-state index contributed by atoms with van der Waals surface area (Å²) in [7, 11) is 0. The number of carbonyl (C=O) groups is 2. The van der Waals surface area contributed by atoms with Gasteiger partial charge in [0.15, 0.2) is 0 Å². The second kappa shape index (κ2) is 6.73. The van der Waals surface area contributed by atoms with Gasteiger partial charge in [-0.15, -0.1) is 12.4 Å². The molecule has 3 aliphatic carbocycles. The number of amides is 2. The van der Waals surface area contributed by atoms with E-state index in [2.05, 4.69) is 10.6 Å². The molecule has 0 spiro atoms. The lowest BCUT2D eigenvalue weighted by molar-refractivity contribution is -0.121. The minimum Gasteiger partial charge on any atom is -0.349 e. The standard InChI is InChI=1S/C18H23N3O2.ClH/c19-16-12-2-1-11(9-12)15(16)18(23)21-13-5-3-10(4-6-13)17(22)20-14-7-8-14;/h3-6,11-12,14-16H,1-2,7-9,19H2,(H,20,22)(H,21,23);1H. The number of nitrogens with two attached hydrogens (primary N) is 1. The first-order valence-electron chi connectivity index (χ1n) is 8.59. The smallest absolute Gasteiger partial charge is 0.251 e. The van der Waals surface area contributed by atoms with Crippen LogP contribution >= 0.6 is 12.4 Å². The van der Waals surface area contributed by atoms with Gasteiger partial charge < -0.3 is 16.4 Å². The molecule has 0 aromatic heterocycles. The average molecular weight is 350 g/mol. The number of halogens is 1. The SMILES string of the molecule is Cl.NC1C2CCC(C2)C1C(=O)Nc1ccc(C(=O)NC2CC2)cc1. The van der Waals surface area contributed by atoms with Gasteiger partial charge in [0.05, 0.1) is 5.92 Å². The van der Waals surface area contributed by atoms with Crippen molar-refractivity contribution in [1.29, 1.82) is 0 Å². The largest absolute Gasteiger partial charge is 0.349 e. The van der Waals surface area contributed by atoms with E-state index in [9.17, 15) is 9.59 Å². The van der Waals surface area contributed by atoms with E-state index in [0.717, 1.165) is 31.4 Å². The highest BCUT2D eigenvalue weighted by Gasteiger charge is 2.49. The van der Waals surface area contributed by atoms with Crippen LogP contribution in [-0.4, -0.2) is 23.9 Å². The number of benzene rings is 1. The third-order valence-corrected chi connectivity index (χ3v) is 5.61. The first kappa shape index (κ1) is 17.2. The van der Waals surface area contributed by atoms with Crippen LogP contribution in [0.3, 0.4) is 0 Å². The van der Waals surface area contributed by atoms with Crippen molar-refractivity contribution in [3.63, 3.8) is 0 Å². The number of anilines is 1. The molecular formula is C18H24ClN3O2. The molecular weight excluding hydrogens is 326 g/mol. The number of hydrogen-bond donors (Lipinski definition) is 3. The van der Waals surface area contributed by atoms with Crippen LogP contribution in [0.25, 0.3) is 0 Å². The Labute approximate surface area is 148 Å². The molecule has 2 amide bonds. The van der Waals surface area contributed by atoms with Crippen LogP contribution < -0.4 is 16.4 Å². The summed E-state index contributed by atoms with van der Waals surface area (Å²) in [5.41, 5.74) is 7.58. The molecule has 0 aliphatic heterocycles. The fourth-order valence-electron chi connectivity index (χ4n) is 4.15. The highest BCUT2D eigenvalue weighted by atomic mass is 35.5. The molecule has 0 heterocycles. The molecule has 3 saturated carbocycles. The van der Waals surface area contributed by atoms with Gasteiger partial charge in [-0.25, -0.2) is 0 Å². The van der Waals surface area contributed by atoms with Crippen molar-refractivity contribution in [1.82, 2.24) is 5.32 Å². The summed E-state index contributed by atoms with van der Waals surface area (Å²) in [5.74, 6) is 0.884. The van der Waals surface area contributed by atoms with E-state index in [1.165, 1.54) is 6.42 Å². The summed E-state index contributed by atoms with van der Waals surface area (Å²) in [4.78, 5) is 24.5. The summed E-state index contributed by atoms with van der Waals surface area (Å²) in [6.45, 7) is 0. The Kier molecular flexibility index (Phi) is 4.83. The number of nitrogens with one attached hydrogen (secondary N) is 2. The summed E-state index contributed by atoms with van der Waals surface area (Å²) in [6.07, 6.45) is 5.53. The molecule has 0 saturated heterocycles. The topological polar surface area (TPSA) is 84.2 Å². The van der Waals surface area contributed by atoms with Crippen molar-refractivity contribution in [2.75, 3.05) is 5.32 Å². The Morgan fingerprint density at radius 3 is 2.25 bits per heavy atom. The zero-order valence-corrected chi connectivity index (χ0v) is 14.4. The quantitative estimate of drug-likeness (QED) is 0.779. The van der Waals surface area contributed by atoms with Gasteiger partial charge in [0.25, 0.3) is 5.91 Å². The molecule has 4 N–H and O–H groups in total. The van der Waals surface area contributed by atoms with Crippen LogP contribution in [0.1, 0.15) is 42.5 Å². The van der Waals surface area contributed by atoms with Gasteiger partial charge in [0.2, 0.25) is 5.91 Å². The van der Waals surface area contributed by atoms with Gasteiger partial charge in [-0.2, -0.15) is 0 Å². The fourth-order valence-corrected chi connectivity index (χ4v) is 4.15. The van der Waals surface area contributed by atoms with E-state index in [1.54, 1.807) is 24.3 Å². The Morgan fingerprint density at radius 1 is 1.00 bits per heavy atom. The second-order valence-corrected chi connectivity index (χ2v) is 7.25. The van der Waals surface area contributed by atoms with Gasteiger partial charge in [0.1, 0.15) is 0 Å². The molecule has 4 atom stereocenters. The predicted molar refractivity (Wildman–Crippen MR) is 95.1 cm³/mol. The van der Waals surface area contributed by atoms with Crippen molar-refractivity contribution in [2.45, 2.75) is 44.2 Å². The lowest BCUT2D eigenvalue weighted by atomic mass is 9.84. The van der Waals surface area contributed by atoms with Crippen LogP contribution in [0, 0.1) is 17.8 Å². The predicted octanol–water partition coefficient (Wildman–Crippen LogP) is 2.31. The zero-order chi connectivity index (χ0) is 16.0. The van der Waals surface area contributed by atoms with Crippen molar-refractivity contribution < 1.29 is 9.59 Å². The molecule has 130 valence electrons. The molecule has 3 fully saturated rings. The van der Waals surface area contributed by atoms with E-state index in [4.69, 9.17) is 5.73 Å². The van der Waals surface area contributed by atoms with Crippen molar-refractivity contribution in [3.8, 4) is 0 Å². The number of fused-ring (bicyclic) bond motifs is 2. The van der Waals surface area contributed by atoms with Gasteiger partial charge >= 0.3 is 0 Å². The van der Waals surface area contributed by atoms with Crippen LogP contribution in [0.4, 0.5) is 5.69 Å². The molecule has 1 aromatic rings. The number of rotatable bonds is 4. The fraction of sp³-hybridized carbons (Fsp3) is 0.556. The normalized spacial score (nSPS) is 30.5. The van der Waals surface area contributed by atoms with E-state index < -0.39 is 0 Å². The van der Waals surface area contributed by atoms with Crippen LogP contribution in [0.5, 0.6) is 0 Å². The molecule has 6 heteroatoms. The lowest BCUT2D eigenvalue weighted by Crippen LogP contribution is -2.42. The summed E-state index contributed by atoms with van der Waals surface area (Å²) in [6, 6.07) is 7.44. The molecule has 0 radical (unpaired) electrons. The lowest BCUT2D eigenvalue weighted by Gasteiger charge is -2.27. The Morgan fingerprint density at radius 2 is 1.67 bits per heavy atom. The molecule has 4 unspecified atom stereocenters. The van der Waals surface area contributed by atoms with Gasteiger partial charge in [-0.3, -0.25) is 9.59 Å². The molecule has 4 rings (SSSR count). The maximum Gasteiger partial charge on any atom is 0.251 e. The molecule has 5 nitrogen and oxygen atoms in total. The van der Waals surface area contributed by atoms with Crippen LogP contribution in [0.15, 0.2) is 24.3 Å². The summed E-state index contributed by atoms with van der Waals surface area (Å²) in [5, 5.41) is 5.92. The van der Waals surface area contributed by atoms with Gasteiger partial charge in [-0.05, 0) is 68.2 Å². The molecule has 3 aliphatic rings. The maximum absolute atomic E-state index is 12.5. The Balaban J connectivity index is 0.00000169. The van der Waals surface area contributed by atoms with Crippen LogP contribution in [-0.2, 0) is 4.79 Å². The number of carbonyl (C=O) groups excluding carboxylic acids is 2. The van der Waals surface area contributed by atoms with Crippen molar-refractivity contribution >= 4 is 29.9 Å². The Hall–Kier alpha value is -1.59. The zero-order valence-electron chi connectivity index (χ0n) is 13.5. The van der Waals surface area contributed by atoms with E-state index >= 15 is 0 Å². The van der Waals surface area contributed by atoms with Gasteiger partial charge in [0, 0.05) is 23.3 Å². The van der Waals surface area contributed by atoms with Gasteiger partial charge in [-0.1, -0.05) is 0 Å². The van der Waals surface area contributed by atoms with E-state index in [-0.39, 0.29) is 36.2 Å². The molecule has 24 heavy (non-hydrogen) atoms. The van der Waals surface area contributed by atoms with Crippen LogP contribution in [0.2, 0.25) is 0 Å². The minimum absolute atomic E-state index is 0. The van der Waals surface area contributed by atoms with Crippen molar-refractivity contribution in [3.05, 3.63) is 29.8 Å². The highest BCUT2D eigenvalue weighted by molar-refractivity contribution is 5.96. The maximum atomic E-state index is 12.5. The first-order chi connectivity index (χ1) is 11.1. The second-order valence-electron chi connectivity index (χ2n) is 7.25. The van der Waals surface area contributed by atoms with E-state index in [0.29, 0.717) is 23.4 Å². The first-order valence-corrected chi connectivity index (χ1v) is 8.59. The minimum atomic E-state index is -0.0633. The third kappa shape index (κ3) is 3.28. The third-order valence-electron chi connectivity index (χ3n) is 5.61. The summed E-state index contributed by atoms with van der Waals surface area (Å²) < 4.78 is 0. The molecule has 2 bridgehead atoms. The van der Waals surface area contributed by atoms with E-state index in [1.807, 2.05) is 0 Å². The highest BCUT2D eigenvalue weighted by Crippen LogP contribution is 2.47. The average Bonchev–Trinajstić information content (AvgIpc) is 3.13. The molecule has 1 aromatic carbocycles. The number of hydrogen-bond acceptors (Lipinski definition) is 3. The monoisotopic (exact) mass is 349 g/mol.